The maximum Gasteiger partial charge on any atom is 0.419 e. The number of benzene rings is 2. The number of ether oxygens (including phenoxy) is 2. The number of fused-ring (bicyclic) bond motifs is 22. The third-order valence-electron chi connectivity index (χ3n) is 24.6. The molecule has 18 heteroatoms. The third kappa shape index (κ3) is 23.1. The standard InChI is InChI=1S/C80H137F3N12O3/c1-13-46-98-71-49-69-51-86-79(58-78(4,5)59-79)60-92(11)75(65-25-18-19-26-65)57-91(10)74(77(96)93-39-22-23-40-93)37-42-89(8)67-27-20-17-24-62-29-31-63(32-30-62)47-70(94-41-21-15-16-28-68(54-94)90(9)45-44-88(7)56-73(85-50-67)61(3)14-2)53-87(6)43-38-84-66(52-95(69)55-71)35-33-64-34-36-72(80(81,82)83)76(48-64)97-12/h15-16,29-32,34,36,48,61,65-71,73-75,84-86H,13-14,17-28,33,35,37-47,49-60H2,1-12H3/b16-15-/t61-,66-,67-,68-,69-,70-,71+,73+,74-,75+/m0/s1. The molecule has 1 spiro atoms. The molecule has 3 N–H and O–H groups in total. The molecule has 2 aromatic carbocycles. The van der Waals surface area contributed by atoms with Gasteiger partial charge in [-0.05, 0) is 198 Å². The van der Waals surface area contributed by atoms with Gasteiger partial charge in [0, 0.05) is 166 Å². The van der Waals surface area contributed by atoms with Gasteiger partial charge in [-0.3, -0.25) is 19.5 Å². The number of hydrogen-bond donors (Lipinski definition) is 3. The second kappa shape index (κ2) is 38.0. The molecule has 1 amide bonds. The number of halogens is 3. The van der Waals surface area contributed by atoms with Crippen LogP contribution in [0.25, 0.3) is 0 Å². The van der Waals surface area contributed by atoms with E-state index in [2.05, 4.69) is 173 Å². The van der Waals surface area contributed by atoms with E-state index in [4.69, 9.17) is 9.47 Å². The highest BCUT2D eigenvalue weighted by molar-refractivity contribution is 5.82. The fraction of sp³-hybridized carbons (Fsp3) is 0.812. The molecule has 6 bridgehead atoms. The summed E-state index contributed by atoms with van der Waals surface area (Å²) in [5.74, 6) is 1.30. The highest BCUT2D eigenvalue weighted by Gasteiger charge is 2.51. The molecule has 15 nitrogen and oxygen atoms in total. The number of hydrogen-bond acceptors (Lipinski definition) is 14. The molecular weight excluding hydrogens is 1230 g/mol. The molecule has 11 rings (SSSR count). The van der Waals surface area contributed by atoms with Gasteiger partial charge in [-0.1, -0.05) is 103 Å². The van der Waals surface area contributed by atoms with Gasteiger partial charge in [0.15, 0.2) is 0 Å². The zero-order chi connectivity index (χ0) is 70.0. The van der Waals surface area contributed by atoms with Crippen molar-refractivity contribution in [2.45, 2.75) is 236 Å². The van der Waals surface area contributed by atoms with Crippen molar-refractivity contribution in [1.29, 1.82) is 0 Å². The van der Waals surface area contributed by atoms with Gasteiger partial charge in [0.25, 0.3) is 0 Å². The number of carbonyl (C=O) groups is 1. The normalized spacial score (nSPS) is 31.5. The summed E-state index contributed by atoms with van der Waals surface area (Å²) in [6, 6.07) is 15.9. The van der Waals surface area contributed by atoms with Crippen molar-refractivity contribution in [3.8, 4) is 5.75 Å². The predicted molar refractivity (Wildman–Crippen MR) is 398 cm³/mol. The molecule has 0 aromatic heterocycles. The molecule has 2 saturated heterocycles. The lowest BCUT2D eigenvalue weighted by Gasteiger charge is -2.56. The van der Waals surface area contributed by atoms with Crippen LogP contribution < -0.4 is 20.7 Å². The molecule has 7 heterocycles. The lowest BCUT2D eigenvalue weighted by Crippen LogP contribution is -2.67. The van der Waals surface area contributed by atoms with Crippen molar-refractivity contribution >= 4 is 5.91 Å². The highest BCUT2D eigenvalue weighted by Crippen LogP contribution is 2.49. The molecule has 2 aliphatic carbocycles. The van der Waals surface area contributed by atoms with E-state index in [9.17, 15) is 13.2 Å². The first-order chi connectivity index (χ1) is 47.0. The number of methoxy groups -OCH3 is 1. The average molecular weight is 1370 g/mol. The summed E-state index contributed by atoms with van der Waals surface area (Å²) in [4.78, 5) is 38.6. The first-order valence-electron chi connectivity index (χ1n) is 39.3. The third-order valence-corrected chi connectivity index (χ3v) is 24.6. The Labute approximate surface area is 593 Å². The van der Waals surface area contributed by atoms with Crippen LogP contribution in [-0.2, 0) is 35.0 Å². The second-order valence-electron chi connectivity index (χ2n) is 33.1. The minimum absolute atomic E-state index is 0.0672. The monoisotopic (exact) mass is 1370 g/mol. The van der Waals surface area contributed by atoms with Gasteiger partial charge >= 0.3 is 6.18 Å². The van der Waals surface area contributed by atoms with Crippen LogP contribution in [0.4, 0.5) is 13.2 Å². The van der Waals surface area contributed by atoms with E-state index >= 15 is 4.79 Å². The number of amides is 1. The zero-order valence-electron chi connectivity index (χ0n) is 63.5. The quantitative estimate of drug-likeness (QED) is 0.147. The first-order valence-corrected chi connectivity index (χ1v) is 39.3. The van der Waals surface area contributed by atoms with Gasteiger partial charge in [-0.15, -0.1) is 0 Å². The molecule has 2 saturated carbocycles. The molecule has 4 fully saturated rings. The van der Waals surface area contributed by atoms with Crippen LogP contribution in [0.3, 0.4) is 0 Å². The fourth-order valence-corrected chi connectivity index (χ4v) is 18.6. The van der Waals surface area contributed by atoms with E-state index < -0.39 is 11.7 Å². The minimum Gasteiger partial charge on any atom is -0.496 e. The van der Waals surface area contributed by atoms with Crippen LogP contribution in [0.5, 0.6) is 5.75 Å². The van der Waals surface area contributed by atoms with Gasteiger partial charge in [0.2, 0.25) is 5.91 Å². The SMILES string of the molecule is CCCO[C@@H]1C[C@H]2CNC3(CN(C)[C@@H](C4CCCC4)CN(C)[C@H](C(=O)N4CCCC4)CCN(C)[C@H]4CCCCc5ccc(cc5)C[C@@H](CN(C)CCN[C@@H](CCc5ccc(C(F)(F)F)c(OC)c5)CN2C1)N1CC/C=C\C[C@@H](C1)N(C)CCN(C)C[C@H]([C@@H](C)CC)NC4)CC(C)(C)C3. The Morgan fingerprint density at radius 3 is 2.12 bits per heavy atom. The molecule has 556 valence electrons. The number of rotatable bonds is 11. The lowest BCUT2D eigenvalue weighted by molar-refractivity contribution is -0.139. The van der Waals surface area contributed by atoms with E-state index in [-0.39, 0.29) is 40.9 Å². The van der Waals surface area contributed by atoms with Gasteiger partial charge in [0.05, 0.1) is 24.8 Å². The zero-order valence-corrected chi connectivity index (χ0v) is 63.5. The number of nitrogens with one attached hydrogen (secondary N) is 3. The van der Waals surface area contributed by atoms with Crippen molar-refractivity contribution in [2.24, 2.45) is 17.3 Å². The number of aryl methyl sites for hydroxylation is 2. The Hall–Kier alpha value is -3.24. The van der Waals surface area contributed by atoms with E-state index in [1.807, 2.05) is 0 Å². The topological polar surface area (TPSA) is 101 Å². The van der Waals surface area contributed by atoms with Crippen molar-refractivity contribution < 1.29 is 27.4 Å². The van der Waals surface area contributed by atoms with E-state index in [1.165, 1.54) is 50.0 Å². The minimum atomic E-state index is -4.50. The smallest absolute Gasteiger partial charge is 0.419 e. The first kappa shape index (κ1) is 78.9. The number of nitrogens with zero attached hydrogens (tertiary/aromatic N) is 9. The molecular formula is C80H137F3N12O3. The second-order valence-corrected chi connectivity index (χ2v) is 33.1. The molecule has 11 atom stereocenters. The maximum atomic E-state index is 15.2. The van der Waals surface area contributed by atoms with Gasteiger partial charge in [0.1, 0.15) is 5.75 Å². The van der Waals surface area contributed by atoms with Gasteiger partial charge < -0.3 is 54.8 Å². The molecule has 98 heavy (non-hydrogen) atoms. The molecule has 9 aliphatic rings. The van der Waals surface area contributed by atoms with E-state index in [0.29, 0.717) is 54.4 Å². The van der Waals surface area contributed by atoms with Crippen LogP contribution >= 0.6 is 0 Å². The predicted octanol–water partition coefficient (Wildman–Crippen LogP) is 10.9. The maximum absolute atomic E-state index is 15.2. The summed E-state index contributed by atoms with van der Waals surface area (Å²) in [5.41, 5.74) is 3.06. The summed E-state index contributed by atoms with van der Waals surface area (Å²) in [6.45, 7) is 28.1. The van der Waals surface area contributed by atoms with Crippen molar-refractivity contribution in [3.05, 3.63) is 76.9 Å². The number of likely N-dealkylation sites (N-methyl/N-ethyl adjacent to an activating group) is 6. The van der Waals surface area contributed by atoms with Crippen molar-refractivity contribution in [1.82, 2.24) is 60.0 Å². The molecule has 1 unspecified atom stereocenters. The van der Waals surface area contributed by atoms with E-state index in [1.54, 1.807) is 12.1 Å². The summed E-state index contributed by atoms with van der Waals surface area (Å²) < 4.78 is 54.7. The summed E-state index contributed by atoms with van der Waals surface area (Å²) in [5, 5.41) is 12.7. The van der Waals surface area contributed by atoms with Gasteiger partial charge in [-0.25, -0.2) is 0 Å². The Morgan fingerprint density at radius 1 is 0.684 bits per heavy atom. The van der Waals surface area contributed by atoms with Crippen LogP contribution in [-0.4, -0.2) is 277 Å². The Kier molecular flexibility index (Phi) is 30.6. The molecule has 2 aromatic rings. The average Bonchev–Trinajstić information content (AvgIpc) is 0.791. The van der Waals surface area contributed by atoms with Crippen LogP contribution in [0.1, 0.15) is 172 Å². The van der Waals surface area contributed by atoms with Gasteiger partial charge in [-0.2, -0.15) is 13.2 Å². The van der Waals surface area contributed by atoms with Crippen molar-refractivity contribution in [3.63, 3.8) is 0 Å². The number of carbonyl (C=O) groups excluding carboxylic acids is 1. The number of likely N-dealkylation sites (tertiary alicyclic amines) is 1. The lowest BCUT2D eigenvalue weighted by atomic mass is 9.59. The Balaban J connectivity index is 1.07. The van der Waals surface area contributed by atoms with Crippen LogP contribution in [0.15, 0.2) is 54.6 Å². The Bertz CT molecular complexity index is 2680. The highest BCUT2D eigenvalue weighted by atomic mass is 19.4. The Morgan fingerprint density at radius 2 is 1.41 bits per heavy atom. The molecule has 0 radical (unpaired) electrons. The number of alkyl halides is 3. The fourth-order valence-electron chi connectivity index (χ4n) is 18.6. The molecule has 7 aliphatic heterocycles. The van der Waals surface area contributed by atoms with Crippen LogP contribution in [0.2, 0.25) is 0 Å². The van der Waals surface area contributed by atoms with E-state index in [0.717, 1.165) is 226 Å². The van der Waals surface area contributed by atoms with Crippen molar-refractivity contribution in [2.75, 3.05) is 167 Å². The summed E-state index contributed by atoms with van der Waals surface area (Å²) in [6.07, 6.45) is 22.6. The van der Waals surface area contributed by atoms with Crippen LogP contribution in [0, 0.1) is 17.3 Å². The summed E-state index contributed by atoms with van der Waals surface area (Å²) >= 11 is 0. The summed E-state index contributed by atoms with van der Waals surface area (Å²) in [7, 11) is 15.4. The largest absolute Gasteiger partial charge is 0.496 e.